The molecule has 43 heavy (non-hydrogen) atoms. The van der Waals surface area contributed by atoms with Crippen LogP contribution in [-0.2, 0) is 26.0 Å². The van der Waals surface area contributed by atoms with E-state index in [-0.39, 0.29) is 71.3 Å². The number of methoxy groups -OCH3 is 2. The summed E-state index contributed by atoms with van der Waals surface area (Å²) in [4.78, 5) is 34.5. The van der Waals surface area contributed by atoms with Gasteiger partial charge in [-0.1, -0.05) is 19.1 Å². The van der Waals surface area contributed by atoms with Gasteiger partial charge >= 0.3 is 0 Å². The minimum absolute atomic E-state index is 0.0208. The molecule has 2 aromatic carbocycles. The largest absolute Gasteiger partial charge is 0.497 e. The van der Waals surface area contributed by atoms with Crippen LogP contribution in [0.3, 0.4) is 0 Å². The van der Waals surface area contributed by atoms with Gasteiger partial charge in [-0.25, -0.2) is 8.42 Å². The monoisotopic (exact) mass is 610 g/mol. The lowest BCUT2D eigenvalue weighted by molar-refractivity contribution is -0.134. The number of carbonyl (C=O) groups excluding carboxylic acids is 2. The van der Waals surface area contributed by atoms with Crippen molar-refractivity contribution >= 4 is 27.5 Å². The van der Waals surface area contributed by atoms with Crippen molar-refractivity contribution in [1.82, 2.24) is 14.8 Å². The second-order valence-electron chi connectivity index (χ2n) is 10.7. The molecule has 0 saturated carbocycles. The zero-order chi connectivity index (χ0) is 31.1. The predicted molar refractivity (Wildman–Crippen MR) is 162 cm³/mol. The van der Waals surface area contributed by atoms with E-state index in [9.17, 15) is 18.0 Å². The number of anilines is 1. The zero-order valence-electron chi connectivity index (χ0n) is 25.0. The van der Waals surface area contributed by atoms with Crippen molar-refractivity contribution in [3.8, 4) is 11.5 Å². The minimum atomic E-state index is -3.97. The molecule has 0 fully saturated rings. The molecular weight excluding hydrogens is 572 g/mol. The van der Waals surface area contributed by atoms with E-state index >= 15 is 0 Å². The maximum Gasteiger partial charge on any atom is 0.262 e. The molecule has 2 heterocycles. The molecule has 2 amide bonds. The lowest BCUT2D eigenvalue weighted by Crippen LogP contribution is -2.49. The molecule has 3 atom stereocenters. The van der Waals surface area contributed by atoms with Crippen LogP contribution in [0.1, 0.15) is 29.8 Å². The minimum Gasteiger partial charge on any atom is -0.497 e. The lowest BCUT2D eigenvalue weighted by Gasteiger charge is -2.36. The number of hydrogen-bond acceptors (Lipinski definition) is 8. The van der Waals surface area contributed by atoms with Gasteiger partial charge in [-0.05, 0) is 42.8 Å². The maximum atomic E-state index is 13.5. The van der Waals surface area contributed by atoms with Crippen molar-refractivity contribution in [1.29, 1.82) is 0 Å². The summed E-state index contributed by atoms with van der Waals surface area (Å²) < 4.78 is 45.9. The van der Waals surface area contributed by atoms with Crippen LogP contribution in [0.4, 0.5) is 5.69 Å². The smallest absolute Gasteiger partial charge is 0.262 e. The zero-order valence-corrected chi connectivity index (χ0v) is 25.8. The number of ether oxygens (including phenoxy) is 3. The fourth-order valence-electron chi connectivity index (χ4n) is 4.94. The van der Waals surface area contributed by atoms with Crippen LogP contribution in [0.25, 0.3) is 0 Å². The molecule has 11 nitrogen and oxygen atoms in total. The normalized spacial score (nSPS) is 19.8. The van der Waals surface area contributed by atoms with Crippen molar-refractivity contribution in [2.75, 3.05) is 45.7 Å². The number of nitrogens with zero attached hydrogens (tertiary/aromatic N) is 3. The highest BCUT2D eigenvalue weighted by Gasteiger charge is 2.30. The number of sulfonamides is 1. The molecule has 230 valence electrons. The van der Waals surface area contributed by atoms with Crippen LogP contribution in [0.15, 0.2) is 71.9 Å². The Balaban J connectivity index is 1.66. The molecule has 0 unspecified atom stereocenters. The van der Waals surface area contributed by atoms with Gasteiger partial charge in [-0.15, -0.1) is 0 Å². The van der Waals surface area contributed by atoms with Gasteiger partial charge in [-0.2, -0.15) is 0 Å². The summed E-state index contributed by atoms with van der Waals surface area (Å²) >= 11 is 0. The molecule has 3 aromatic rings. The first-order valence-corrected chi connectivity index (χ1v) is 15.4. The van der Waals surface area contributed by atoms with Gasteiger partial charge in [0.25, 0.3) is 15.9 Å². The van der Waals surface area contributed by atoms with Crippen molar-refractivity contribution in [2.45, 2.75) is 37.3 Å². The summed E-state index contributed by atoms with van der Waals surface area (Å²) in [6.07, 6.45) is 3.16. The van der Waals surface area contributed by atoms with E-state index in [0.29, 0.717) is 12.3 Å². The van der Waals surface area contributed by atoms with Gasteiger partial charge in [0, 0.05) is 57.7 Å². The van der Waals surface area contributed by atoms with Gasteiger partial charge in [0.2, 0.25) is 5.91 Å². The van der Waals surface area contributed by atoms with Gasteiger partial charge < -0.3 is 24.0 Å². The average Bonchev–Trinajstić information content (AvgIpc) is 3.00. The van der Waals surface area contributed by atoms with Crippen LogP contribution in [0.2, 0.25) is 0 Å². The molecule has 0 saturated heterocycles. The number of amides is 2. The third-order valence-electron chi connectivity index (χ3n) is 7.45. The number of benzene rings is 2. The molecule has 0 bridgehead atoms. The molecule has 1 N–H and O–H groups in total. The summed E-state index contributed by atoms with van der Waals surface area (Å²) in [5, 5.41) is 0. The second-order valence-corrected chi connectivity index (χ2v) is 12.4. The van der Waals surface area contributed by atoms with Gasteiger partial charge in [-0.3, -0.25) is 19.3 Å². The van der Waals surface area contributed by atoms with Crippen molar-refractivity contribution in [3.63, 3.8) is 0 Å². The van der Waals surface area contributed by atoms with Gasteiger partial charge in [0.05, 0.1) is 41.8 Å². The Labute approximate surface area is 252 Å². The Morgan fingerprint density at radius 3 is 2.58 bits per heavy atom. The first-order valence-electron chi connectivity index (χ1n) is 13.9. The maximum absolute atomic E-state index is 13.5. The molecule has 1 aliphatic rings. The summed E-state index contributed by atoms with van der Waals surface area (Å²) in [5.41, 5.74) is 1.27. The number of carbonyl (C=O) groups is 2. The highest BCUT2D eigenvalue weighted by Crippen LogP contribution is 2.29. The van der Waals surface area contributed by atoms with Crippen LogP contribution in [0, 0.1) is 5.92 Å². The van der Waals surface area contributed by atoms with Crippen molar-refractivity contribution < 1.29 is 32.2 Å². The van der Waals surface area contributed by atoms with Crippen LogP contribution < -0.4 is 14.2 Å². The highest BCUT2D eigenvalue weighted by atomic mass is 32.2. The molecule has 0 spiro atoms. The quantitative estimate of drug-likeness (QED) is 0.431. The third kappa shape index (κ3) is 7.82. The van der Waals surface area contributed by atoms with Crippen LogP contribution >= 0.6 is 0 Å². The molecule has 0 radical (unpaired) electrons. The van der Waals surface area contributed by atoms with Crippen molar-refractivity contribution in [3.05, 3.63) is 78.1 Å². The Hall–Kier alpha value is -4.16. The first-order chi connectivity index (χ1) is 20.5. The summed E-state index contributed by atoms with van der Waals surface area (Å²) in [6.45, 7) is 4.60. The summed E-state index contributed by atoms with van der Waals surface area (Å²) in [5.74, 6) is 0.110. The number of aromatic nitrogens is 1. The molecule has 1 aliphatic heterocycles. The first kappa shape index (κ1) is 31.8. The fraction of sp³-hybridized carbons (Fsp3) is 0.387. The number of rotatable bonds is 7. The fourth-order valence-corrected chi connectivity index (χ4v) is 6.03. The van der Waals surface area contributed by atoms with Crippen LogP contribution in [0.5, 0.6) is 11.5 Å². The summed E-state index contributed by atoms with van der Waals surface area (Å²) in [7, 11) is 0.750. The number of hydrogen-bond donors (Lipinski definition) is 1. The average molecular weight is 611 g/mol. The molecule has 4 rings (SSSR count). The van der Waals surface area contributed by atoms with E-state index in [1.54, 1.807) is 54.6 Å². The van der Waals surface area contributed by atoms with E-state index in [1.165, 1.54) is 37.4 Å². The van der Waals surface area contributed by atoms with E-state index in [1.807, 2.05) is 19.9 Å². The number of fused-ring (bicyclic) bond motifs is 1. The number of likely N-dealkylation sites (N-methyl/N-ethyl adjacent to an activating group) is 1. The van der Waals surface area contributed by atoms with E-state index < -0.39 is 10.0 Å². The molecule has 1 aromatic heterocycles. The molecule has 12 heteroatoms. The highest BCUT2D eigenvalue weighted by molar-refractivity contribution is 7.92. The standard InChI is InChI=1S/C31H38N4O7S/c1-21-18-35(30(36)14-23-8-7-13-32-17-23)22(2)20-42-28-15-24(11-12-27(28)31(37)34(3)19-29(21)41-5)33-43(38,39)26-10-6-9-25(16-26)40-4/h6-13,15-17,21-22,29,33H,14,18-20H2,1-5H3/t21-,22+,29-/m0/s1. The van der Waals surface area contributed by atoms with Crippen LogP contribution in [-0.4, -0.2) is 88.1 Å². The number of pyridine rings is 1. The van der Waals surface area contributed by atoms with E-state index in [0.717, 1.165) is 5.56 Å². The SMILES string of the molecule is COc1cccc(S(=O)(=O)Nc2ccc3c(c2)OC[C@@H](C)N(C(=O)Cc2cccnc2)C[C@H](C)[C@@H](OC)CN(C)C3=O)c1. The Bertz CT molecular complexity index is 1530. The number of nitrogens with one attached hydrogen (secondary N) is 1. The Kier molecular flexibility index (Phi) is 10.3. The Morgan fingerprint density at radius 2 is 1.88 bits per heavy atom. The second kappa shape index (κ2) is 13.9. The lowest BCUT2D eigenvalue weighted by atomic mass is 10.0. The predicted octanol–water partition coefficient (Wildman–Crippen LogP) is 3.47. The van der Waals surface area contributed by atoms with E-state index in [2.05, 4.69) is 9.71 Å². The molecule has 0 aliphatic carbocycles. The van der Waals surface area contributed by atoms with E-state index in [4.69, 9.17) is 14.2 Å². The van der Waals surface area contributed by atoms with Gasteiger partial charge in [0.1, 0.15) is 18.1 Å². The Morgan fingerprint density at radius 1 is 1.09 bits per heavy atom. The van der Waals surface area contributed by atoms with Gasteiger partial charge in [0.15, 0.2) is 0 Å². The third-order valence-corrected chi connectivity index (χ3v) is 8.83. The van der Waals surface area contributed by atoms with Crippen molar-refractivity contribution in [2.24, 2.45) is 5.92 Å². The topological polar surface area (TPSA) is 127 Å². The summed E-state index contributed by atoms with van der Waals surface area (Å²) in [6, 6.07) is 13.9. The molecular formula is C31H38N4O7S.